The van der Waals surface area contributed by atoms with Crippen LogP contribution in [0.3, 0.4) is 0 Å². The number of hydrogen-bond donors (Lipinski definition) is 3. The molecule has 0 saturated carbocycles. The van der Waals surface area contributed by atoms with Gasteiger partial charge in [-0.05, 0) is 37.1 Å². The first kappa shape index (κ1) is 23.8. The summed E-state index contributed by atoms with van der Waals surface area (Å²) in [5.41, 5.74) is 2.86. The van der Waals surface area contributed by atoms with Gasteiger partial charge in [-0.2, -0.15) is 5.10 Å². The molecule has 0 radical (unpaired) electrons. The van der Waals surface area contributed by atoms with Crippen LogP contribution in [-0.2, 0) is 16.8 Å². The molecule has 2 aromatic heterocycles. The number of carbonyl (C=O) groups excluding carboxylic acids is 2. The number of morpholine rings is 1. The number of aromatic amines is 1. The first-order valence-corrected chi connectivity index (χ1v) is 12.0. The van der Waals surface area contributed by atoms with Gasteiger partial charge in [0, 0.05) is 31.3 Å². The van der Waals surface area contributed by atoms with E-state index in [2.05, 4.69) is 25.7 Å². The fourth-order valence-electron chi connectivity index (χ4n) is 4.24. The molecule has 1 aliphatic rings. The van der Waals surface area contributed by atoms with Crippen LogP contribution in [0.4, 0.5) is 5.82 Å². The van der Waals surface area contributed by atoms with E-state index < -0.39 is 5.54 Å². The number of carbonyl (C=O) groups is 2. The Morgan fingerprint density at radius 2 is 1.75 bits per heavy atom. The quantitative estimate of drug-likeness (QED) is 0.364. The molecule has 36 heavy (non-hydrogen) atoms. The van der Waals surface area contributed by atoms with Gasteiger partial charge in [-0.15, -0.1) is 0 Å². The number of ether oxygens (including phenoxy) is 1. The zero-order valence-corrected chi connectivity index (χ0v) is 20.3. The van der Waals surface area contributed by atoms with E-state index in [1.165, 1.54) is 0 Å². The van der Waals surface area contributed by atoms with Crippen molar-refractivity contribution >= 4 is 28.7 Å². The van der Waals surface area contributed by atoms with Crippen molar-refractivity contribution in [3.8, 4) is 0 Å². The van der Waals surface area contributed by atoms with Crippen molar-refractivity contribution in [2.24, 2.45) is 0 Å². The van der Waals surface area contributed by atoms with Gasteiger partial charge >= 0.3 is 0 Å². The number of benzene rings is 2. The number of H-pyrrole nitrogens is 1. The molecule has 1 aliphatic heterocycles. The molecule has 4 aromatic rings. The number of furan rings is 1. The zero-order chi connectivity index (χ0) is 25.1. The molecule has 2 amide bonds. The van der Waals surface area contributed by atoms with Gasteiger partial charge < -0.3 is 19.8 Å². The number of rotatable bonds is 7. The number of fused-ring (bicyclic) bond motifs is 1. The lowest BCUT2D eigenvalue weighted by Gasteiger charge is -2.26. The first-order chi connectivity index (χ1) is 17.4. The molecular weight excluding hydrogens is 458 g/mol. The Kier molecular flexibility index (Phi) is 6.58. The SMILES string of the molecule is CC(C)(NC(=O)c1cc2[nH]nc(NC(=O)c3ccc(CN4CCOCC4)cc3)c2o1)c1ccccc1. The number of nitrogens with one attached hydrogen (secondary N) is 3. The van der Waals surface area contributed by atoms with Crippen LogP contribution < -0.4 is 10.6 Å². The van der Waals surface area contributed by atoms with E-state index in [0.717, 1.165) is 44.0 Å². The van der Waals surface area contributed by atoms with Crippen LogP contribution in [0, 0.1) is 0 Å². The molecule has 1 saturated heterocycles. The highest BCUT2D eigenvalue weighted by atomic mass is 16.5. The summed E-state index contributed by atoms with van der Waals surface area (Å²) < 4.78 is 11.2. The van der Waals surface area contributed by atoms with Crippen LogP contribution in [0.1, 0.15) is 45.9 Å². The number of hydrogen-bond acceptors (Lipinski definition) is 6. The molecule has 0 atom stereocenters. The Balaban J connectivity index is 1.25. The van der Waals surface area contributed by atoms with Crippen LogP contribution in [-0.4, -0.2) is 53.2 Å². The van der Waals surface area contributed by atoms with E-state index in [1.54, 1.807) is 18.2 Å². The molecule has 186 valence electrons. The van der Waals surface area contributed by atoms with E-state index in [4.69, 9.17) is 9.15 Å². The van der Waals surface area contributed by atoms with E-state index in [1.807, 2.05) is 56.3 Å². The Bertz CT molecular complexity index is 1350. The zero-order valence-electron chi connectivity index (χ0n) is 20.3. The predicted octanol–water partition coefficient (Wildman–Crippen LogP) is 3.91. The number of nitrogens with zero attached hydrogens (tertiary/aromatic N) is 2. The summed E-state index contributed by atoms with van der Waals surface area (Å²) >= 11 is 0. The average Bonchev–Trinajstić information content (AvgIpc) is 3.47. The summed E-state index contributed by atoms with van der Waals surface area (Å²) in [6.07, 6.45) is 0. The molecule has 0 bridgehead atoms. The Labute approximate surface area is 208 Å². The third-order valence-corrected chi connectivity index (χ3v) is 6.34. The molecule has 1 fully saturated rings. The maximum absolute atomic E-state index is 12.9. The van der Waals surface area contributed by atoms with Crippen LogP contribution in [0.5, 0.6) is 0 Å². The monoisotopic (exact) mass is 487 g/mol. The number of aromatic nitrogens is 2. The molecule has 0 unspecified atom stereocenters. The van der Waals surface area contributed by atoms with Gasteiger partial charge in [-0.1, -0.05) is 42.5 Å². The van der Waals surface area contributed by atoms with Crippen LogP contribution in [0.25, 0.3) is 11.1 Å². The second-order valence-corrected chi connectivity index (χ2v) is 9.41. The minimum absolute atomic E-state index is 0.130. The molecule has 0 spiro atoms. The van der Waals surface area contributed by atoms with Gasteiger partial charge in [-0.3, -0.25) is 19.6 Å². The lowest BCUT2D eigenvalue weighted by Crippen LogP contribution is -2.40. The molecule has 3 heterocycles. The van der Waals surface area contributed by atoms with E-state index in [0.29, 0.717) is 16.7 Å². The van der Waals surface area contributed by atoms with Crippen molar-refractivity contribution in [1.29, 1.82) is 0 Å². The van der Waals surface area contributed by atoms with Crippen LogP contribution in [0.15, 0.2) is 65.1 Å². The predicted molar refractivity (Wildman–Crippen MR) is 136 cm³/mol. The van der Waals surface area contributed by atoms with Gasteiger partial charge in [0.15, 0.2) is 17.2 Å². The highest BCUT2D eigenvalue weighted by Gasteiger charge is 2.26. The Hall–Kier alpha value is -3.95. The molecule has 9 nitrogen and oxygen atoms in total. The summed E-state index contributed by atoms with van der Waals surface area (Å²) in [6, 6.07) is 18.8. The molecule has 2 aromatic carbocycles. The highest BCUT2D eigenvalue weighted by Crippen LogP contribution is 2.26. The number of amides is 2. The summed E-state index contributed by atoms with van der Waals surface area (Å²) in [6.45, 7) is 7.99. The summed E-state index contributed by atoms with van der Waals surface area (Å²) in [7, 11) is 0. The maximum Gasteiger partial charge on any atom is 0.287 e. The van der Waals surface area contributed by atoms with Crippen molar-refractivity contribution in [3.05, 3.63) is 83.1 Å². The van der Waals surface area contributed by atoms with Crippen LogP contribution in [0.2, 0.25) is 0 Å². The second-order valence-electron chi connectivity index (χ2n) is 9.41. The van der Waals surface area contributed by atoms with E-state index >= 15 is 0 Å². The Morgan fingerprint density at radius 3 is 2.47 bits per heavy atom. The number of anilines is 1. The third-order valence-electron chi connectivity index (χ3n) is 6.34. The van der Waals surface area contributed by atoms with Crippen molar-refractivity contribution in [3.63, 3.8) is 0 Å². The van der Waals surface area contributed by atoms with Crippen molar-refractivity contribution < 1.29 is 18.7 Å². The van der Waals surface area contributed by atoms with Crippen LogP contribution >= 0.6 is 0 Å². The fourth-order valence-corrected chi connectivity index (χ4v) is 4.24. The molecule has 5 rings (SSSR count). The standard InChI is InChI=1S/C27H29N5O4/c1-27(2,20-6-4-3-5-7-20)29-26(34)22-16-21-23(36-22)24(31-30-21)28-25(33)19-10-8-18(9-11-19)17-32-12-14-35-15-13-32/h3-11,16H,12-15,17H2,1-2H3,(H,29,34)(H2,28,30,31,33). The van der Waals surface area contributed by atoms with Crippen molar-refractivity contribution in [2.75, 3.05) is 31.6 Å². The largest absolute Gasteiger partial charge is 0.445 e. The van der Waals surface area contributed by atoms with E-state index in [9.17, 15) is 9.59 Å². The third kappa shape index (κ3) is 5.17. The Morgan fingerprint density at radius 1 is 1.03 bits per heavy atom. The summed E-state index contributed by atoms with van der Waals surface area (Å²) in [4.78, 5) is 28.0. The maximum atomic E-state index is 12.9. The minimum atomic E-state index is -0.595. The van der Waals surface area contributed by atoms with Gasteiger partial charge in [0.2, 0.25) is 0 Å². The first-order valence-electron chi connectivity index (χ1n) is 12.0. The molecular formula is C27H29N5O4. The topological polar surface area (TPSA) is 112 Å². The normalized spacial score (nSPS) is 14.6. The van der Waals surface area contributed by atoms with Crippen molar-refractivity contribution in [2.45, 2.75) is 25.9 Å². The molecule has 0 aliphatic carbocycles. The smallest absolute Gasteiger partial charge is 0.287 e. The van der Waals surface area contributed by atoms with E-state index in [-0.39, 0.29) is 23.4 Å². The summed E-state index contributed by atoms with van der Waals surface area (Å²) in [5, 5.41) is 12.7. The molecule has 9 heteroatoms. The van der Waals surface area contributed by atoms with Crippen molar-refractivity contribution in [1.82, 2.24) is 20.4 Å². The summed E-state index contributed by atoms with van der Waals surface area (Å²) in [5.74, 6) is -0.310. The lowest BCUT2D eigenvalue weighted by molar-refractivity contribution is 0.0342. The van der Waals surface area contributed by atoms with Gasteiger partial charge in [0.1, 0.15) is 5.52 Å². The average molecular weight is 488 g/mol. The van der Waals surface area contributed by atoms with Gasteiger partial charge in [0.25, 0.3) is 11.8 Å². The minimum Gasteiger partial charge on any atom is -0.445 e. The van der Waals surface area contributed by atoms with Gasteiger partial charge in [-0.25, -0.2) is 0 Å². The molecule has 3 N–H and O–H groups in total. The highest BCUT2D eigenvalue weighted by molar-refractivity contribution is 6.07. The fraction of sp³-hybridized carbons (Fsp3) is 0.296. The van der Waals surface area contributed by atoms with Gasteiger partial charge in [0.05, 0.1) is 18.8 Å². The second kappa shape index (κ2) is 9.96. The lowest BCUT2D eigenvalue weighted by atomic mass is 9.94.